The van der Waals surface area contributed by atoms with Gasteiger partial charge in [-0.3, -0.25) is 15.6 Å². The van der Waals surface area contributed by atoms with Crippen molar-refractivity contribution in [1.82, 2.24) is 15.4 Å². The number of hydrogen-bond donors (Lipinski definition) is 3. The highest BCUT2D eigenvalue weighted by molar-refractivity contribution is 5.95. The number of ether oxygens (including phenoxy) is 2. The van der Waals surface area contributed by atoms with Gasteiger partial charge in [0.25, 0.3) is 5.91 Å². The lowest BCUT2D eigenvalue weighted by Gasteiger charge is -2.13. The normalized spacial score (nSPS) is 10.2. The number of amides is 1. The molecule has 3 rings (SSSR count). The van der Waals surface area contributed by atoms with Gasteiger partial charge >= 0.3 is 0 Å². The standard InChI is InChI=1S/C20H21N5O3/c1-12-8-13(2)10-16(9-12)28-20-17(21)18(22-11-23-20)24-25-19(26)14-4-6-15(27-3)7-5-14/h4-11H,21H2,1-3H3,(H,25,26)(H,22,23,24). The molecule has 0 saturated heterocycles. The van der Waals surface area contributed by atoms with E-state index in [-0.39, 0.29) is 23.3 Å². The highest BCUT2D eigenvalue weighted by atomic mass is 16.5. The fourth-order valence-corrected chi connectivity index (χ4v) is 2.59. The first-order valence-corrected chi connectivity index (χ1v) is 8.53. The SMILES string of the molecule is COc1ccc(C(=O)NNc2ncnc(Oc3cc(C)cc(C)c3)c2N)cc1. The van der Waals surface area contributed by atoms with Crippen molar-refractivity contribution in [1.29, 1.82) is 0 Å². The average Bonchev–Trinajstić information content (AvgIpc) is 2.67. The summed E-state index contributed by atoms with van der Waals surface area (Å²) in [5.74, 6) is 1.36. The van der Waals surface area contributed by atoms with Crippen molar-refractivity contribution in [2.45, 2.75) is 13.8 Å². The van der Waals surface area contributed by atoms with Gasteiger partial charge in [0.1, 0.15) is 23.5 Å². The van der Waals surface area contributed by atoms with Gasteiger partial charge in [-0.05, 0) is 61.4 Å². The first-order valence-electron chi connectivity index (χ1n) is 8.53. The molecular weight excluding hydrogens is 358 g/mol. The molecule has 0 atom stereocenters. The highest BCUT2D eigenvalue weighted by Gasteiger charge is 2.12. The molecule has 1 heterocycles. The molecule has 0 saturated carbocycles. The molecule has 0 aliphatic heterocycles. The third-order valence-corrected chi connectivity index (χ3v) is 3.90. The number of methoxy groups -OCH3 is 1. The van der Waals surface area contributed by atoms with Gasteiger partial charge in [0.15, 0.2) is 5.82 Å². The Hall–Kier alpha value is -3.81. The summed E-state index contributed by atoms with van der Waals surface area (Å²) in [5, 5.41) is 0. The summed E-state index contributed by atoms with van der Waals surface area (Å²) in [4.78, 5) is 20.4. The van der Waals surface area contributed by atoms with E-state index in [1.54, 1.807) is 31.4 Å². The summed E-state index contributed by atoms with van der Waals surface area (Å²) in [5.41, 5.74) is 14.1. The third-order valence-electron chi connectivity index (χ3n) is 3.90. The number of benzene rings is 2. The number of aryl methyl sites for hydroxylation is 2. The number of rotatable bonds is 6. The Morgan fingerprint density at radius 3 is 2.32 bits per heavy atom. The zero-order valence-corrected chi connectivity index (χ0v) is 15.8. The van der Waals surface area contributed by atoms with Crippen LogP contribution in [-0.4, -0.2) is 23.0 Å². The van der Waals surface area contributed by atoms with Crippen LogP contribution in [0.2, 0.25) is 0 Å². The lowest BCUT2D eigenvalue weighted by atomic mass is 10.1. The Bertz CT molecular complexity index is 969. The number of hydrazine groups is 1. The summed E-state index contributed by atoms with van der Waals surface area (Å²) < 4.78 is 10.9. The van der Waals surface area contributed by atoms with Gasteiger partial charge in [-0.2, -0.15) is 4.98 Å². The van der Waals surface area contributed by atoms with Crippen LogP contribution >= 0.6 is 0 Å². The second-order valence-electron chi connectivity index (χ2n) is 6.17. The fourth-order valence-electron chi connectivity index (χ4n) is 2.59. The van der Waals surface area contributed by atoms with Crippen molar-refractivity contribution in [3.63, 3.8) is 0 Å². The van der Waals surface area contributed by atoms with Gasteiger partial charge in [0.2, 0.25) is 5.88 Å². The number of nitrogen functional groups attached to an aromatic ring is 1. The van der Waals surface area contributed by atoms with E-state index in [0.29, 0.717) is 17.1 Å². The van der Waals surface area contributed by atoms with Crippen molar-refractivity contribution in [2.75, 3.05) is 18.3 Å². The molecule has 0 aliphatic rings. The van der Waals surface area contributed by atoms with Gasteiger partial charge in [-0.25, -0.2) is 4.98 Å². The zero-order valence-electron chi connectivity index (χ0n) is 15.8. The van der Waals surface area contributed by atoms with E-state index in [4.69, 9.17) is 15.2 Å². The van der Waals surface area contributed by atoms with Crippen molar-refractivity contribution in [2.24, 2.45) is 0 Å². The van der Waals surface area contributed by atoms with Crippen LogP contribution in [0.15, 0.2) is 48.8 Å². The van der Waals surface area contributed by atoms with E-state index in [0.717, 1.165) is 11.1 Å². The number of hydrogen-bond acceptors (Lipinski definition) is 7. The average molecular weight is 379 g/mol. The summed E-state index contributed by atoms with van der Waals surface area (Å²) in [6.45, 7) is 3.95. The molecule has 0 aliphatic carbocycles. The molecule has 0 fully saturated rings. The van der Waals surface area contributed by atoms with Crippen molar-refractivity contribution >= 4 is 17.4 Å². The Morgan fingerprint density at radius 2 is 1.68 bits per heavy atom. The Balaban J connectivity index is 1.70. The molecule has 0 radical (unpaired) electrons. The molecule has 8 heteroatoms. The molecule has 28 heavy (non-hydrogen) atoms. The molecule has 144 valence electrons. The largest absolute Gasteiger partial charge is 0.497 e. The molecule has 1 amide bonds. The number of nitrogens with zero attached hydrogens (tertiary/aromatic N) is 2. The van der Waals surface area contributed by atoms with E-state index in [1.165, 1.54) is 6.33 Å². The van der Waals surface area contributed by atoms with Gasteiger partial charge in [0, 0.05) is 5.56 Å². The van der Waals surface area contributed by atoms with E-state index < -0.39 is 0 Å². The molecule has 1 aromatic heterocycles. The molecule has 3 aromatic rings. The van der Waals surface area contributed by atoms with E-state index >= 15 is 0 Å². The highest BCUT2D eigenvalue weighted by Crippen LogP contribution is 2.29. The van der Waals surface area contributed by atoms with Crippen LogP contribution in [0.5, 0.6) is 17.4 Å². The maximum atomic E-state index is 12.2. The van der Waals surface area contributed by atoms with Gasteiger partial charge in [-0.15, -0.1) is 0 Å². The maximum Gasteiger partial charge on any atom is 0.269 e. The number of aromatic nitrogens is 2. The molecule has 0 spiro atoms. The van der Waals surface area contributed by atoms with Crippen LogP contribution in [0.4, 0.5) is 11.5 Å². The molecule has 8 nitrogen and oxygen atoms in total. The number of nitrogens with two attached hydrogens (primary N) is 1. The monoisotopic (exact) mass is 379 g/mol. The number of nitrogens with one attached hydrogen (secondary N) is 2. The minimum atomic E-state index is -0.350. The quantitative estimate of drug-likeness (QED) is 0.564. The number of anilines is 2. The summed E-state index contributed by atoms with van der Waals surface area (Å²) in [6, 6.07) is 12.5. The second-order valence-corrected chi connectivity index (χ2v) is 6.17. The van der Waals surface area contributed by atoms with Crippen LogP contribution < -0.4 is 26.1 Å². The molecule has 2 aromatic carbocycles. The predicted octanol–water partition coefficient (Wildman–Crippen LogP) is 3.23. The predicted molar refractivity (Wildman–Crippen MR) is 107 cm³/mol. The van der Waals surface area contributed by atoms with E-state index in [2.05, 4.69) is 20.8 Å². The zero-order chi connectivity index (χ0) is 20.1. The van der Waals surface area contributed by atoms with Gasteiger partial charge in [-0.1, -0.05) is 6.07 Å². The van der Waals surface area contributed by atoms with Crippen LogP contribution in [-0.2, 0) is 0 Å². The summed E-state index contributed by atoms with van der Waals surface area (Å²) >= 11 is 0. The van der Waals surface area contributed by atoms with Crippen LogP contribution in [0.1, 0.15) is 21.5 Å². The Labute approximate surface area is 162 Å². The third kappa shape index (κ3) is 4.47. The minimum absolute atomic E-state index is 0.177. The van der Waals surface area contributed by atoms with Gasteiger partial charge < -0.3 is 15.2 Å². The summed E-state index contributed by atoms with van der Waals surface area (Å²) in [6.07, 6.45) is 1.30. The number of carbonyl (C=O) groups is 1. The number of carbonyl (C=O) groups excluding carboxylic acids is 1. The van der Waals surface area contributed by atoms with E-state index in [9.17, 15) is 4.79 Å². The molecule has 0 unspecified atom stereocenters. The topological polar surface area (TPSA) is 111 Å². The Morgan fingerprint density at radius 1 is 1.00 bits per heavy atom. The van der Waals surface area contributed by atoms with E-state index in [1.807, 2.05) is 32.0 Å². The second kappa shape index (κ2) is 8.26. The molecular formula is C20H21N5O3. The first-order chi connectivity index (χ1) is 13.5. The Kier molecular flexibility index (Phi) is 5.59. The summed E-state index contributed by atoms with van der Waals surface area (Å²) in [7, 11) is 1.56. The van der Waals surface area contributed by atoms with Crippen LogP contribution in [0, 0.1) is 13.8 Å². The van der Waals surface area contributed by atoms with Crippen molar-refractivity contribution < 1.29 is 14.3 Å². The van der Waals surface area contributed by atoms with Crippen molar-refractivity contribution in [3.8, 4) is 17.4 Å². The van der Waals surface area contributed by atoms with Crippen LogP contribution in [0.3, 0.4) is 0 Å². The minimum Gasteiger partial charge on any atom is -0.497 e. The lowest BCUT2D eigenvalue weighted by molar-refractivity contribution is 0.0962. The molecule has 0 bridgehead atoms. The molecule has 4 N–H and O–H groups in total. The smallest absolute Gasteiger partial charge is 0.269 e. The van der Waals surface area contributed by atoms with Gasteiger partial charge in [0.05, 0.1) is 7.11 Å². The lowest BCUT2D eigenvalue weighted by Crippen LogP contribution is -2.30. The first kappa shape index (κ1) is 19.0. The maximum absolute atomic E-state index is 12.2. The fraction of sp³-hybridized carbons (Fsp3) is 0.150. The van der Waals surface area contributed by atoms with Crippen LogP contribution in [0.25, 0.3) is 0 Å². The van der Waals surface area contributed by atoms with Crippen molar-refractivity contribution in [3.05, 3.63) is 65.5 Å².